The Morgan fingerprint density at radius 3 is 2.78 bits per heavy atom. The molecule has 0 bridgehead atoms. The highest BCUT2D eigenvalue weighted by Crippen LogP contribution is 2.19. The number of hydrogen-bond acceptors (Lipinski definition) is 2. The van der Waals surface area contributed by atoms with Crippen LogP contribution in [0.4, 0.5) is 0 Å². The van der Waals surface area contributed by atoms with Crippen LogP contribution < -0.4 is 5.32 Å². The van der Waals surface area contributed by atoms with Crippen molar-refractivity contribution in [1.82, 2.24) is 10.2 Å². The molecule has 1 heterocycles. The number of carbonyl (C=O) groups is 1. The molecule has 0 spiro atoms. The van der Waals surface area contributed by atoms with Gasteiger partial charge in [-0.15, -0.1) is 0 Å². The van der Waals surface area contributed by atoms with Gasteiger partial charge >= 0.3 is 0 Å². The van der Waals surface area contributed by atoms with Crippen molar-refractivity contribution >= 4 is 5.91 Å². The first-order chi connectivity index (χ1) is 8.59. The second kappa shape index (κ2) is 5.53. The van der Waals surface area contributed by atoms with Crippen molar-refractivity contribution in [2.45, 2.75) is 32.9 Å². The summed E-state index contributed by atoms with van der Waals surface area (Å²) in [5.74, 6) is 0.398. The van der Waals surface area contributed by atoms with Crippen LogP contribution in [0.5, 0.6) is 0 Å². The highest BCUT2D eigenvalue weighted by Gasteiger charge is 2.31. The van der Waals surface area contributed by atoms with Crippen molar-refractivity contribution in [1.29, 1.82) is 0 Å². The van der Waals surface area contributed by atoms with Crippen LogP contribution in [0, 0.1) is 12.8 Å². The minimum atomic E-state index is 0.138. The molecule has 1 aliphatic rings. The molecule has 0 aromatic heterocycles. The molecule has 98 valence electrons. The molecule has 1 fully saturated rings. The van der Waals surface area contributed by atoms with Crippen LogP contribution in [0.15, 0.2) is 24.3 Å². The molecule has 1 amide bonds. The number of hydrogen-bond donors (Lipinski definition) is 1. The monoisotopic (exact) mass is 246 g/mol. The molecule has 3 heteroatoms. The van der Waals surface area contributed by atoms with E-state index in [0.717, 1.165) is 13.0 Å². The van der Waals surface area contributed by atoms with Crippen molar-refractivity contribution in [3.05, 3.63) is 35.4 Å². The van der Waals surface area contributed by atoms with Crippen LogP contribution in [0.25, 0.3) is 0 Å². The van der Waals surface area contributed by atoms with Gasteiger partial charge in [0.1, 0.15) is 0 Å². The first kappa shape index (κ1) is 13.1. The predicted molar refractivity (Wildman–Crippen MR) is 73.2 cm³/mol. The van der Waals surface area contributed by atoms with Crippen LogP contribution >= 0.6 is 0 Å². The summed E-state index contributed by atoms with van der Waals surface area (Å²) in [7, 11) is 1.90. The molecule has 0 radical (unpaired) electrons. The molecular weight excluding hydrogens is 224 g/mol. The van der Waals surface area contributed by atoms with Gasteiger partial charge in [0.15, 0.2) is 0 Å². The van der Waals surface area contributed by atoms with Gasteiger partial charge in [0, 0.05) is 19.6 Å². The number of amides is 1. The maximum Gasteiger partial charge on any atom is 0.227 e. The lowest BCUT2D eigenvalue weighted by Gasteiger charge is -2.24. The molecule has 1 N–H and O–H groups in total. The number of aryl methyl sites for hydroxylation is 1. The van der Waals surface area contributed by atoms with Crippen molar-refractivity contribution in [2.75, 3.05) is 13.6 Å². The van der Waals surface area contributed by atoms with Crippen LogP contribution in [0.3, 0.4) is 0 Å². The Balaban J connectivity index is 2.01. The van der Waals surface area contributed by atoms with Crippen LogP contribution in [0.1, 0.15) is 24.5 Å². The number of carbonyl (C=O) groups excluding carboxylic acids is 1. The van der Waals surface area contributed by atoms with Gasteiger partial charge in [-0.3, -0.25) is 4.79 Å². The lowest BCUT2D eigenvalue weighted by Crippen LogP contribution is -2.37. The second-order valence-electron chi connectivity index (χ2n) is 5.26. The minimum absolute atomic E-state index is 0.138. The fraction of sp³-hybridized carbons (Fsp3) is 0.533. The molecule has 0 aliphatic carbocycles. The molecule has 1 aromatic carbocycles. The number of nitrogens with one attached hydrogen (secondary N) is 1. The third-order valence-corrected chi connectivity index (χ3v) is 3.89. The normalized spacial score (nSPS) is 23.1. The third kappa shape index (κ3) is 2.72. The van der Waals surface area contributed by atoms with E-state index in [-0.39, 0.29) is 11.8 Å². The van der Waals surface area contributed by atoms with Crippen molar-refractivity contribution in [2.24, 2.45) is 5.92 Å². The van der Waals surface area contributed by atoms with Gasteiger partial charge in [0.2, 0.25) is 5.91 Å². The van der Waals surface area contributed by atoms with E-state index in [1.807, 2.05) is 24.1 Å². The van der Waals surface area contributed by atoms with Crippen LogP contribution in [-0.4, -0.2) is 30.4 Å². The summed E-state index contributed by atoms with van der Waals surface area (Å²) in [6, 6.07) is 8.55. The Hall–Kier alpha value is -1.35. The second-order valence-corrected chi connectivity index (χ2v) is 5.26. The molecular formula is C15H22N2O. The lowest BCUT2D eigenvalue weighted by atomic mass is 10.00. The topological polar surface area (TPSA) is 32.3 Å². The average molecular weight is 246 g/mol. The van der Waals surface area contributed by atoms with E-state index < -0.39 is 0 Å². The summed E-state index contributed by atoms with van der Waals surface area (Å²) in [5.41, 5.74) is 2.47. The molecule has 1 aromatic rings. The van der Waals surface area contributed by atoms with Gasteiger partial charge in [0.05, 0.1) is 5.92 Å². The van der Waals surface area contributed by atoms with Gasteiger partial charge in [-0.2, -0.15) is 0 Å². The predicted octanol–water partition coefficient (Wildman–Crippen LogP) is 1.95. The van der Waals surface area contributed by atoms with Crippen LogP contribution in [-0.2, 0) is 11.3 Å². The van der Waals surface area contributed by atoms with E-state index >= 15 is 0 Å². The molecule has 18 heavy (non-hydrogen) atoms. The maximum atomic E-state index is 12.4. The molecule has 3 nitrogen and oxygen atoms in total. The lowest BCUT2D eigenvalue weighted by molar-refractivity contribution is -0.134. The average Bonchev–Trinajstić information content (AvgIpc) is 2.77. The third-order valence-electron chi connectivity index (χ3n) is 3.89. The Kier molecular flexibility index (Phi) is 4.02. The first-order valence-corrected chi connectivity index (χ1v) is 6.62. The molecule has 2 unspecified atom stereocenters. The summed E-state index contributed by atoms with van der Waals surface area (Å²) < 4.78 is 0. The maximum absolute atomic E-state index is 12.4. The fourth-order valence-electron chi connectivity index (χ4n) is 2.60. The molecule has 2 atom stereocenters. The molecule has 2 rings (SSSR count). The Labute approximate surface area is 109 Å². The zero-order valence-corrected chi connectivity index (χ0v) is 11.4. The Bertz CT molecular complexity index is 430. The van der Waals surface area contributed by atoms with Gasteiger partial charge in [0.25, 0.3) is 0 Å². The van der Waals surface area contributed by atoms with E-state index in [9.17, 15) is 4.79 Å². The molecule has 1 saturated heterocycles. The van der Waals surface area contributed by atoms with E-state index in [1.165, 1.54) is 11.1 Å². The summed E-state index contributed by atoms with van der Waals surface area (Å²) in [4.78, 5) is 14.2. The van der Waals surface area contributed by atoms with Crippen LogP contribution in [0.2, 0.25) is 0 Å². The van der Waals surface area contributed by atoms with Crippen molar-refractivity contribution in [3.63, 3.8) is 0 Å². The largest absolute Gasteiger partial charge is 0.341 e. The SMILES string of the molecule is Cc1ccccc1CN(C)C(=O)C1CCNC1C. The Morgan fingerprint density at radius 1 is 1.44 bits per heavy atom. The van der Waals surface area contributed by atoms with Gasteiger partial charge in [-0.1, -0.05) is 24.3 Å². The zero-order valence-electron chi connectivity index (χ0n) is 11.4. The standard InChI is InChI=1S/C15H22N2O/c1-11-6-4-5-7-13(11)10-17(3)15(18)14-8-9-16-12(14)2/h4-7,12,14,16H,8-10H2,1-3H3. The summed E-state index contributed by atoms with van der Waals surface area (Å²) in [6.45, 7) is 5.84. The van der Waals surface area contributed by atoms with Gasteiger partial charge < -0.3 is 10.2 Å². The summed E-state index contributed by atoms with van der Waals surface area (Å²) in [6.07, 6.45) is 0.956. The van der Waals surface area contributed by atoms with E-state index in [0.29, 0.717) is 12.6 Å². The van der Waals surface area contributed by atoms with E-state index in [1.54, 1.807) is 0 Å². The smallest absolute Gasteiger partial charge is 0.227 e. The zero-order chi connectivity index (χ0) is 13.1. The number of benzene rings is 1. The molecule has 0 saturated carbocycles. The van der Waals surface area contributed by atoms with E-state index in [2.05, 4.69) is 31.3 Å². The molecule has 1 aliphatic heterocycles. The quantitative estimate of drug-likeness (QED) is 0.884. The van der Waals surface area contributed by atoms with Gasteiger partial charge in [-0.25, -0.2) is 0 Å². The number of nitrogens with zero attached hydrogens (tertiary/aromatic N) is 1. The summed E-state index contributed by atoms with van der Waals surface area (Å²) in [5, 5.41) is 3.33. The Morgan fingerprint density at radius 2 is 2.17 bits per heavy atom. The first-order valence-electron chi connectivity index (χ1n) is 6.62. The van der Waals surface area contributed by atoms with Crippen molar-refractivity contribution < 1.29 is 4.79 Å². The fourth-order valence-corrected chi connectivity index (χ4v) is 2.60. The number of rotatable bonds is 3. The highest BCUT2D eigenvalue weighted by atomic mass is 16.2. The van der Waals surface area contributed by atoms with Crippen molar-refractivity contribution in [3.8, 4) is 0 Å². The van der Waals surface area contributed by atoms with E-state index in [4.69, 9.17) is 0 Å². The highest BCUT2D eigenvalue weighted by molar-refractivity contribution is 5.79. The minimum Gasteiger partial charge on any atom is -0.341 e. The van der Waals surface area contributed by atoms with Gasteiger partial charge in [-0.05, 0) is 37.9 Å². The summed E-state index contributed by atoms with van der Waals surface area (Å²) >= 11 is 0.